The molecule has 0 fully saturated rings. The number of rotatable bonds is 8. The number of ether oxygens (including phenoxy) is 1. The van der Waals surface area contributed by atoms with Crippen LogP contribution in [0, 0.1) is 0 Å². The predicted molar refractivity (Wildman–Crippen MR) is 78.3 cm³/mol. The lowest BCUT2D eigenvalue weighted by Gasteiger charge is -2.23. The van der Waals surface area contributed by atoms with Crippen LogP contribution in [-0.2, 0) is 4.74 Å². The minimum atomic E-state index is 0.262. The summed E-state index contributed by atoms with van der Waals surface area (Å²) in [6.07, 6.45) is 0. The van der Waals surface area contributed by atoms with Gasteiger partial charge < -0.3 is 15.1 Å². The second-order valence-corrected chi connectivity index (χ2v) is 4.55. The van der Waals surface area contributed by atoms with Crippen molar-refractivity contribution in [2.24, 2.45) is 5.84 Å². The Hall–Kier alpha value is -1.40. The monoisotopic (exact) mass is 267 g/mol. The first-order chi connectivity index (χ1) is 9.12. The van der Waals surface area contributed by atoms with Crippen LogP contribution in [0.4, 0.5) is 11.6 Å². The average molecular weight is 267 g/mol. The highest BCUT2D eigenvalue weighted by molar-refractivity contribution is 5.49. The summed E-state index contributed by atoms with van der Waals surface area (Å²) in [5.74, 6) is 8.05. The molecule has 1 aromatic heterocycles. The van der Waals surface area contributed by atoms with Crippen LogP contribution in [-0.4, -0.2) is 36.3 Å². The van der Waals surface area contributed by atoms with Crippen LogP contribution >= 0.6 is 0 Å². The van der Waals surface area contributed by atoms with E-state index in [1.165, 1.54) is 0 Å². The van der Waals surface area contributed by atoms with Gasteiger partial charge in [0.2, 0.25) is 0 Å². The minimum absolute atomic E-state index is 0.262. The van der Waals surface area contributed by atoms with Crippen LogP contribution < -0.4 is 16.2 Å². The molecule has 0 aromatic carbocycles. The molecular formula is C13H25N5O. The summed E-state index contributed by atoms with van der Waals surface area (Å²) in [7, 11) is 0. The van der Waals surface area contributed by atoms with E-state index in [4.69, 9.17) is 10.6 Å². The Bertz CT molecular complexity index is 383. The number of aromatic nitrogens is 2. The van der Waals surface area contributed by atoms with Crippen molar-refractivity contribution in [2.45, 2.75) is 33.6 Å². The number of nitrogens with two attached hydrogens (primary N) is 1. The van der Waals surface area contributed by atoms with Crippen molar-refractivity contribution in [2.75, 3.05) is 36.6 Å². The van der Waals surface area contributed by atoms with Crippen molar-refractivity contribution in [3.05, 3.63) is 11.9 Å². The summed E-state index contributed by atoms with van der Waals surface area (Å²) in [6.45, 7) is 11.3. The summed E-state index contributed by atoms with van der Waals surface area (Å²) in [6, 6.07) is 1.86. The number of nitrogens with zero attached hydrogens (tertiary/aromatic N) is 3. The van der Waals surface area contributed by atoms with E-state index in [1.807, 2.05) is 13.0 Å². The maximum absolute atomic E-state index is 5.47. The van der Waals surface area contributed by atoms with E-state index < -0.39 is 0 Å². The average Bonchev–Trinajstić information content (AvgIpc) is 2.43. The first-order valence-electron chi connectivity index (χ1n) is 6.80. The van der Waals surface area contributed by atoms with Crippen molar-refractivity contribution in [3.63, 3.8) is 0 Å². The molecule has 0 saturated carbocycles. The van der Waals surface area contributed by atoms with Crippen molar-refractivity contribution in [3.8, 4) is 0 Å². The van der Waals surface area contributed by atoms with Gasteiger partial charge in [-0.1, -0.05) is 13.8 Å². The predicted octanol–water partition coefficient (Wildman–Crippen LogP) is 1.75. The summed E-state index contributed by atoms with van der Waals surface area (Å²) >= 11 is 0. The molecule has 0 aliphatic carbocycles. The molecule has 0 atom stereocenters. The quantitative estimate of drug-likeness (QED) is 0.424. The van der Waals surface area contributed by atoms with E-state index >= 15 is 0 Å². The largest absolute Gasteiger partial charge is 0.380 e. The van der Waals surface area contributed by atoms with Crippen molar-refractivity contribution >= 4 is 11.6 Å². The molecule has 3 N–H and O–H groups in total. The fourth-order valence-electron chi connectivity index (χ4n) is 1.70. The van der Waals surface area contributed by atoms with Crippen molar-refractivity contribution < 1.29 is 4.74 Å². The van der Waals surface area contributed by atoms with Gasteiger partial charge in [-0.05, 0) is 13.8 Å². The summed E-state index contributed by atoms with van der Waals surface area (Å²) in [4.78, 5) is 11.1. The molecule has 108 valence electrons. The fraction of sp³-hybridized carbons (Fsp3) is 0.692. The first-order valence-corrected chi connectivity index (χ1v) is 6.80. The molecule has 1 aromatic rings. The Labute approximate surface area is 115 Å². The number of hydrogen-bond donors (Lipinski definition) is 2. The van der Waals surface area contributed by atoms with Crippen molar-refractivity contribution in [1.82, 2.24) is 9.97 Å². The molecule has 0 radical (unpaired) electrons. The van der Waals surface area contributed by atoms with E-state index in [0.717, 1.165) is 31.3 Å². The lowest BCUT2D eigenvalue weighted by atomic mass is 10.2. The highest BCUT2D eigenvalue weighted by atomic mass is 16.5. The third kappa shape index (κ3) is 4.65. The van der Waals surface area contributed by atoms with Gasteiger partial charge in [0.15, 0.2) is 0 Å². The van der Waals surface area contributed by atoms with E-state index in [0.29, 0.717) is 12.4 Å². The van der Waals surface area contributed by atoms with Crippen molar-refractivity contribution in [1.29, 1.82) is 0 Å². The van der Waals surface area contributed by atoms with Gasteiger partial charge in [-0.3, -0.25) is 0 Å². The Morgan fingerprint density at radius 2 is 2.11 bits per heavy atom. The van der Waals surface area contributed by atoms with Gasteiger partial charge >= 0.3 is 0 Å². The third-order valence-electron chi connectivity index (χ3n) is 2.81. The smallest absolute Gasteiger partial charge is 0.145 e. The van der Waals surface area contributed by atoms with Crippen LogP contribution in [0.25, 0.3) is 0 Å². The highest BCUT2D eigenvalue weighted by Gasteiger charge is 2.12. The van der Waals surface area contributed by atoms with Gasteiger partial charge in [0.1, 0.15) is 17.5 Å². The first kappa shape index (κ1) is 15.7. The maximum Gasteiger partial charge on any atom is 0.145 e. The number of hydrogen-bond acceptors (Lipinski definition) is 6. The van der Waals surface area contributed by atoms with Crippen LogP contribution in [0.15, 0.2) is 6.07 Å². The van der Waals surface area contributed by atoms with E-state index in [1.54, 1.807) is 0 Å². The van der Waals surface area contributed by atoms with Gasteiger partial charge in [-0.15, -0.1) is 0 Å². The molecule has 19 heavy (non-hydrogen) atoms. The molecular weight excluding hydrogens is 242 g/mol. The molecule has 0 aliphatic heterocycles. The molecule has 0 saturated heterocycles. The van der Waals surface area contributed by atoms with E-state index in [-0.39, 0.29) is 5.92 Å². The van der Waals surface area contributed by atoms with Gasteiger partial charge in [-0.25, -0.2) is 15.8 Å². The van der Waals surface area contributed by atoms with Crippen LogP contribution in [0.2, 0.25) is 0 Å². The molecule has 6 nitrogen and oxygen atoms in total. The Morgan fingerprint density at radius 3 is 2.63 bits per heavy atom. The molecule has 1 heterocycles. The molecule has 0 unspecified atom stereocenters. The minimum Gasteiger partial charge on any atom is -0.380 e. The number of likely N-dealkylation sites (N-methyl/N-ethyl adjacent to an activating group) is 1. The van der Waals surface area contributed by atoms with Crippen LogP contribution in [0.5, 0.6) is 0 Å². The molecule has 0 spiro atoms. The standard InChI is InChI=1S/C13H25N5O/c1-5-18(7-8-19-6-2)12-9-11(17-14)15-13(16-12)10(3)4/h9-10H,5-8,14H2,1-4H3,(H,15,16,17). The van der Waals surface area contributed by atoms with Gasteiger partial charge in [-0.2, -0.15) is 0 Å². The van der Waals surface area contributed by atoms with Crippen LogP contribution in [0.1, 0.15) is 39.4 Å². The Balaban J connectivity index is 2.91. The fourth-order valence-corrected chi connectivity index (χ4v) is 1.70. The number of anilines is 2. The molecule has 0 amide bonds. The zero-order valence-corrected chi connectivity index (χ0v) is 12.3. The maximum atomic E-state index is 5.47. The van der Waals surface area contributed by atoms with E-state index in [2.05, 4.69) is 41.1 Å². The third-order valence-corrected chi connectivity index (χ3v) is 2.81. The highest BCUT2D eigenvalue weighted by Crippen LogP contribution is 2.19. The zero-order chi connectivity index (χ0) is 14.3. The Kier molecular flexibility index (Phi) is 6.52. The lowest BCUT2D eigenvalue weighted by Crippen LogP contribution is -2.29. The molecule has 1 rings (SSSR count). The Morgan fingerprint density at radius 1 is 1.37 bits per heavy atom. The van der Waals surface area contributed by atoms with Gasteiger partial charge in [0, 0.05) is 31.7 Å². The van der Waals surface area contributed by atoms with Gasteiger partial charge in [0.25, 0.3) is 0 Å². The SMILES string of the molecule is CCOCCN(CC)c1cc(NN)nc(C(C)C)n1. The summed E-state index contributed by atoms with van der Waals surface area (Å²) < 4.78 is 5.40. The molecule has 6 heteroatoms. The topological polar surface area (TPSA) is 76.3 Å². The number of hydrazine groups is 1. The van der Waals surface area contributed by atoms with Gasteiger partial charge in [0.05, 0.1) is 6.61 Å². The molecule has 0 aliphatic rings. The normalized spacial score (nSPS) is 10.8. The molecule has 0 bridgehead atoms. The van der Waals surface area contributed by atoms with Crippen LogP contribution in [0.3, 0.4) is 0 Å². The second kappa shape index (κ2) is 7.91. The zero-order valence-electron chi connectivity index (χ0n) is 12.3. The summed E-state index contributed by atoms with van der Waals surface area (Å²) in [5.41, 5.74) is 2.60. The summed E-state index contributed by atoms with van der Waals surface area (Å²) in [5, 5.41) is 0. The number of nitrogens with one attached hydrogen (secondary N) is 1. The second-order valence-electron chi connectivity index (χ2n) is 4.55. The lowest BCUT2D eigenvalue weighted by molar-refractivity contribution is 0.154. The number of nitrogen functional groups attached to an aromatic ring is 1. The van der Waals surface area contributed by atoms with E-state index in [9.17, 15) is 0 Å².